The molecule has 0 aliphatic heterocycles. The molecule has 0 amide bonds. The van der Waals surface area contributed by atoms with Gasteiger partial charge in [-0.15, -0.1) is 0 Å². The summed E-state index contributed by atoms with van der Waals surface area (Å²) in [6, 6.07) is 0. The number of carbonyl (C=O) groups excluding carboxylic acids is 3. The van der Waals surface area contributed by atoms with Crippen LogP contribution in [0.4, 0.5) is 0 Å². The quantitative estimate of drug-likeness (QED) is 0.0197. The second-order valence-corrected chi connectivity index (χ2v) is 21.9. The van der Waals surface area contributed by atoms with Crippen LogP contribution in [0.1, 0.15) is 278 Å². The molecule has 0 saturated carbocycles. The molecule has 0 heterocycles. The maximum atomic E-state index is 12.9. The summed E-state index contributed by atoms with van der Waals surface area (Å²) in [5.74, 6) is -1.49. The highest BCUT2D eigenvalue weighted by atomic mass is 31.2. The first kappa shape index (κ1) is 72.9. The molecule has 0 bridgehead atoms. The predicted molar refractivity (Wildman–Crippen MR) is 316 cm³/mol. The Morgan fingerprint density at radius 2 is 0.684 bits per heavy atom. The Hall–Kier alpha value is -3.08. The van der Waals surface area contributed by atoms with Crippen LogP contribution in [-0.4, -0.2) is 66.5 Å². The van der Waals surface area contributed by atoms with E-state index in [0.29, 0.717) is 19.3 Å². The second kappa shape index (κ2) is 58.1. The van der Waals surface area contributed by atoms with E-state index >= 15 is 0 Å². The van der Waals surface area contributed by atoms with Gasteiger partial charge in [-0.25, -0.2) is 4.57 Å². The molecule has 0 aliphatic carbocycles. The van der Waals surface area contributed by atoms with Gasteiger partial charge in [0.1, 0.15) is 12.7 Å². The van der Waals surface area contributed by atoms with Crippen LogP contribution in [-0.2, 0) is 42.2 Å². The van der Waals surface area contributed by atoms with E-state index in [0.717, 1.165) is 128 Å². The number of carbonyl (C=O) groups is 3. The van der Waals surface area contributed by atoms with Crippen LogP contribution >= 0.6 is 7.82 Å². The average Bonchev–Trinajstić information content (AvgIpc) is 3.41. The zero-order valence-corrected chi connectivity index (χ0v) is 49.6. The summed E-state index contributed by atoms with van der Waals surface area (Å²) in [4.78, 5) is 48.7. The van der Waals surface area contributed by atoms with E-state index < -0.39 is 57.8 Å². The van der Waals surface area contributed by atoms with Crippen LogP contribution in [0.15, 0.2) is 72.9 Å². The molecule has 12 heteroatoms. The van der Waals surface area contributed by atoms with Gasteiger partial charge in [0, 0.05) is 19.3 Å². The first-order chi connectivity index (χ1) is 37.2. The van der Waals surface area contributed by atoms with Crippen LogP contribution in [0, 0.1) is 0 Å². The number of phosphoric acid groups is 1. The van der Waals surface area contributed by atoms with Crippen molar-refractivity contribution in [3.8, 4) is 0 Å². The SMILES string of the molecule is CC/C=C\C/C=C\C/C=C\CCCCCCCCCC(=O)OC(COC(=O)CCCCCCCCC/C=C\CCCCCCCC)COP(=O)(O)OCC(CO)OC(=O)CCCCCCC/C=C\C/C=C\CCCCC. The van der Waals surface area contributed by atoms with Crippen molar-refractivity contribution in [2.24, 2.45) is 0 Å². The number of esters is 3. The van der Waals surface area contributed by atoms with E-state index in [4.69, 9.17) is 23.3 Å². The molecule has 0 aromatic carbocycles. The van der Waals surface area contributed by atoms with Crippen LogP contribution in [0.3, 0.4) is 0 Å². The molecule has 11 nitrogen and oxygen atoms in total. The number of aliphatic hydroxyl groups excluding tert-OH is 1. The molecule has 76 heavy (non-hydrogen) atoms. The van der Waals surface area contributed by atoms with Crippen molar-refractivity contribution in [2.45, 2.75) is 290 Å². The lowest BCUT2D eigenvalue weighted by molar-refractivity contribution is -0.161. The maximum Gasteiger partial charge on any atom is 0.472 e. The van der Waals surface area contributed by atoms with Crippen LogP contribution < -0.4 is 0 Å². The fourth-order valence-corrected chi connectivity index (χ4v) is 9.18. The van der Waals surface area contributed by atoms with E-state index in [2.05, 4.69) is 93.7 Å². The van der Waals surface area contributed by atoms with Gasteiger partial charge in [-0.2, -0.15) is 0 Å². The molecule has 0 saturated heterocycles. The van der Waals surface area contributed by atoms with Crippen molar-refractivity contribution in [3.05, 3.63) is 72.9 Å². The average molecular weight is 1090 g/mol. The van der Waals surface area contributed by atoms with Gasteiger partial charge in [0.25, 0.3) is 0 Å². The lowest BCUT2D eigenvalue weighted by Crippen LogP contribution is -2.30. The van der Waals surface area contributed by atoms with Crippen molar-refractivity contribution in [2.75, 3.05) is 26.4 Å². The van der Waals surface area contributed by atoms with Crippen molar-refractivity contribution in [3.63, 3.8) is 0 Å². The second-order valence-electron chi connectivity index (χ2n) is 20.5. The minimum atomic E-state index is -4.76. The number of allylic oxidation sites excluding steroid dienone is 12. The molecule has 0 aromatic rings. The van der Waals surface area contributed by atoms with Crippen LogP contribution in [0.25, 0.3) is 0 Å². The molecule has 3 atom stereocenters. The molecule has 2 N–H and O–H groups in total. The Morgan fingerprint density at radius 3 is 1.09 bits per heavy atom. The van der Waals surface area contributed by atoms with Crippen molar-refractivity contribution < 1.29 is 52.2 Å². The fraction of sp³-hybridized carbons (Fsp3) is 0.766. The Labute approximate surface area is 465 Å². The molecule has 440 valence electrons. The van der Waals surface area contributed by atoms with Gasteiger partial charge in [0.05, 0.1) is 19.8 Å². The highest BCUT2D eigenvalue weighted by Gasteiger charge is 2.28. The molecule has 0 aliphatic rings. The van der Waals surface area contributed by atoms with E-state index in [1.807, 2.05) is 0 Å². The first-order valence-corrected chi connectivity index (χ1v) is 32.3. The van der Waals surface area contributed by atoms with Gasteiger partial charge >= 0.3 is 25.7 Å². The molecular weight excluding hydrogens is 976 g/mol. The summed E-state index contributed by atoms with van der Waals surface area (Å²) in [6.07, 6.45) is 65.6. The van der Waals surface area contributed by atoms with E-state index in [-0.39, 0.29) is 25.9 Å². The maximum absolute atomic E-state index is 12.9. The largest absolute Gasteiger partial charge is 0.472 e. The lowest BCUT2D eigenvalue weighted by atomic mass is 10.1. The number of hydrogen-bond acceptors (Lipinski definition) is 10. The summed E-state index contributed by atoms with van der Waals surface area (Å²) in [5.41, 5.74) is 0. The molecule has 3 unspecified atom stereocenters. The van der Waals surface area contributed by atoms with Crippen molar-refractivity contribution in [1.82, 2.24) is 0 Å². The number of rotatable bonds is 57. The van der Waals surface area contributed by atoms with Gasteiger partial charge < -0.3 is 24.2 Å². The lowest BCUT2D eigenvalue weighted by Gasteiger charge is -2.21. The summed E-state index contributed by atoms with van der Waals surface area (Å²) < 4.78 is 39.6. The Morgan fingerprint density at radius 1 is 0.382 bits per heavy atom. The molecule has 0 spiro atoms. The number of aliphatic hydroxyl groups is 1. The monoisotopic (exact) mass is 1090 g/mol. The highest BCUT2D eigenvalue weighted by molar-refractivity contribution is 7.47. The van der Waals surface area contributed by atoms with Gasteiger partial charge in [0.15, 0.2) is 6.10 Å². The standard InChI is InChI=1S/C64H113O11P/c1-4-7-10-13-16-19-22-25-28-30-33-35-38-41-44-47-50-53-62(66)71-57-61(75-64(68)55-52-49-46-43-40-37-34-31-29-26-23-20-17-14-11-8-5-2)59-73-76(69,70)72-58-60(56-65)74-63(67)54-51-48-45-42-39-36-32-27-24-21-18-15-12-9-6-3/h8,11,17-18,20-21,25-29,32,60-61,65H,4-7,9-10,12-16,19,22-24,30-31,33-59H2,1-3H3,(H,69,70)/b11-8-,20-17-,21-18-,28-25-,29-26-,32-27-. The summed E-state index contributed by atoms with van der Waals surface area (Å²) in [6.45, 7) is 4.50. The zero-order valence-electron chi connectivity index (χ0n) is 48.7. The minimum Gasteiger partial charge on any atom is -0.462 e. The minimum absolute atomic E-state index is 0.153. The molecule has 0 aromatic heterocycles. The van der Waals surface area contributed by atoms with Gasteiger partial charge in [0.2, 0.25) is 0 Å². The number of ether oxygens (including phenoxy) is 3. The van der Waals surface area contributed by atoms with Gasteiger partial charge in [-0.1, -0.05) is 222 Å². The van der Waals surface area contributed by atoms with Crippen molar-refractivity contribution in [1.29, 1.82) is 0 Å². The van der Waals surface area contributed by atoms with Gasteiger partial charge in [-0.05, 0) is 109 Å². The fourth-order valence-electron chi connectivity index (χ4n) is 8.40. The molecule has 0 radical (unpaired) electrons. The van der Waals surface area contributed by atoms with E-state index in [9.17, 15) is 28.9 Å². The normalized spacial score (nSPS) is 13.8. The van der Waals surface area contributed by atoms with E-state index in [1.165, 1.54) is 89.9 Å². The van der Waals surface area contributed by atoms with Crippen LogP contribution in [0.5, 0.6) is 0 Å². The highest BCUT2D eigenvalue weighted by Crippen LogP contribution is 2.43. The Bertz CT molecular complexity index is 1550. The summed E-state index contributed by atoms with van der Waals surface area (Å²) >= 11 is 0. The Balaban J connectivity index is 4.74. The number of phosphoric ester groups is 1. The third-order valence-electron chi connectivity index (χ3n) is 13.1. The molecular formula is C64H113O11P. The molecule has 0 rings (SSSR count). The zero-order chi connectivity index (χ0) is 55.5. The van der Waals surface area contributed by atoms with Gasteiger partial charge in [-0.3, -0.25) is 23.4 Å². The summed E-state index contributed by atoms with van der Waals surface area (Å²) in [5, 5.41) is 9.83. The van der Waals surface area contributed by atoms with Crippen LogP contribution in [0.2, 0.25) is 0 Å². The number of hydrogen-bond donors (Lipinski definition) is 2. The molecule has 0 fully saturated rings. The third kappa shape index (κ3) is 55.7. The predicted octanol–water partition coefficient (Wildman–Crippen LogP) is 18.5. The van der Waals surface area contributed by atoms with E-state index in [1.54, 1.807) is 0 Å². The summed E-state index contributed by atoms with van der Waals surface area (Å²) in [7, 11) is -4.76. The Kier molecular flexibility index (Phi) is 55.7. The number of unbranched alkanes of at least 4 members (excludes halogenated alkanes) is 28. The third-order valence-corrected chi connectivity index (χ3v) is 14.0. The van der Waals surface area contributed by atoms with Crippen molar-refractivity contribution >= 4 is 25.7 Å². The smallest absolute Gasteiger partial charge is 0.462 e. The topological polar surface area (TPSA) is 155 Å². The first-order valence-electron chi connectivity index (χ1n) is 30.8.